The summed E-state index contributed by atoms with van der Waals surface area (Å²) in [5.41, 5.74) is 3.91. The average molecular weight is 257 g/mol. The van der Waals surface area contributed by atoms with Gasteiger partial charge in [-0.2, -0.15) is 0 Å². The highest BCUT2D eigenvalue weighted by atomic mass is 16.3. The largest absolute Gasteiger partial charge is 0.445 e. The average Bonchev–Trinajstić information content (AvgIpc) is 2.79. The van der Waals surface area contributed by atoms with Gasteiger partial charge in [-0.15, -0.1) is 0 Å². The predicted molar refractivity (Wildman–Crippen MR) is 79.3 cm³/mol. The molecule has 0 radical (unpaired) electrons. The highest BCUT2D eigenvalue weighted by Crippen LogP contribution is 2.33. The van der Waals surface area contributed by atoms with Crippen LogP contribution in [0.1, 0.15) is 52.7 Å². The van der Waals surface area contributed by atoms with Gasteiger partial charge < -0.3 is 4.42 Å². The number of aromatic nitrogens is 1. The molecule has 2 heteroatoms. The number of oxazole rings is 1. The van der Waals surface area contributed by atoms with Crippen LogP contribution in [-0.2, 0) is 10.8 Å². The molecule has 1 heterocycles. The maximum Gasteiger partial charge on any atom is 0.225 e. The summed E-state index contributed by atoms with van der Waals surface area (Å²) in [6.45, 7) is 13.4. The van der Waals surface area contributed by atoms with Crippen molar-refractivity contribution in [2.45, 2.75) is 52.4 Å². The van der Waals surface area contributed by atoms with Gasteiger partial charge in [-0.25, -0.2) is 4.98 Å². The molecule has 1 aromatic carbocycles. The third-order valence-corrected chi connectivity index (χ3v) is 3.34. The van der Waals surface area contributed by atoms with Crippen molar-refractivity contribution in [2.75, 3.05) is 0 Å². The highest BCUT2D eigenvalue weighted by molar-refractivity contribution is 5.58. The summed E-state index contributed by atoms with van der Waals surface area (Å²) in [5.74, 6) is 0.691. The van der Waals surface area contributed by atoms with E-state index in [-0.39, 0.29) is 10.8 Å². The minimum absolute atomic E-state index is 0.114. The van der Waals surface area contributed by atoms with E-state index in [4.69, 9.17) is 4.42 Å². The molecule has 2 aromatic rings. The smallest absolute Gasteiger partial charge is 0.225 e. The van der Waals surface area contributed by atoms with E-state index in [2.05, 4.69) is 64.7 Å². The lowest BCUT2D eigenvalue weighted by atomic mass is 9.79. The molecule has 0 N–H and O–H groups in total. The number of hydrogen-bond acceptors (Lipinski definition) is 2. The molecule has 0 amide bonds. The van der Waals surface area contributed by atoms with E-state index >= 15 is 0 Å². The summed E-state index contributed by atoms with van der Waals surface area (Å²) in [7, 11) is 0. The molecular weight excluding hydrogens is 234 g/mol. The standard InChI is InChI=1S/C17H23NO/c1-16(2,3)13-9-12(15-18-7-8-19-15)10-14(11-13)17(4,5)6/h7-11H,1-6H3. The van der Waals surface area contributed by atoms with Crippen molar-refractivity contribution in [1.82, 2.24) is 4.98 Å². The monoisotopic (exact) mass is 257 g/mol. The van der Waals surface area contributed by atoms with E-state index in [0.717, 1.165) is 5.56 Å². The van der Waals surface area contributed by atoms with Crippen molar-refractivity contribution >= 4 is 0 Å². The number of hydrogen-bond donors (Lipinski definition) is 0. The molecule has 0 saturated heterocycles. The van der Waals surface area contributed by atoms with Gasteiger partial charge in [0.15, 0.2) is 0 Å². The first kappa shape index (κ1) is 13.9. The van der Waals surface area contributed by atoms with Crippen LogP contribution in [0.3, 0.4) is 0 Å². The first-order chi connectivity index (χ1) is 8.68. The van der Waals surface area contributed by atoms with Gasteiger partial charge in [0.1, 0.15) is 6.26 Å². The maximum absolute atomic E-state index is 5.44. The molecule has 0 fully saturated rings. The van der Waals surface area contributed by atoms with Gasteiger partial charge in [0.2, 0.25) is 5.89 Å². The van der Waals surface area contributed by atoms with Crippen LogP contribution in [0.4, 0.5) is 0 Å². The van der Waals surface area contributed by atoms with Crippen LogP contribution in [0.2, 0.25) is 0 Å². The summed E-state index contributed by atoms with van der Waals surface area (Å²) >= 11 is 0. The lowest BCUT2D eigenvalue weighted by Crippen LogP contribution is -2.16. The molecule has 0 aliphatic rings. The molecule has 102 valence electrons. The Kier molecular flexibility index (Phi) is 3.29. The molecule has 0 unspecified atom stereocenters. The van der Waals surface area contributed by atoms with Crippen LogP contribution in [-0.4, -0.2) is 4.98 Å². The van der Waals surface area contributed by atoms with E-state index in [0.29, 0.717) is 5.89 Å². The molecule has 0 saturated carbocycles. The summed E-state index contributed by atoms with van der Waals surface area (Å²) < 4.78 is 5.44. The zero-order valence-corrected chi connectivity index (χ0v) is 12.7. The van der Waals surface area contributed by atoms with E-state index in [1.165, 1.54) is 11.1 Å². The van der Waals surface area contributed by atoms with Crippen molar-refractivity contribution in [3.63, 3.8) is 0 Å². The topological polar surface area (TPSA) is 26.0 Å². The Bertz CT molecular complexity index is 522. The van der Waals surface area contributed by atoms with Crippen molar-refractivity contribution < 1.29 is 4.42 Å². The molecule has 2 rings (SSSR count). The van der Waals surface area contributed by atoms with E-state index in [1.54, 1.807) is 12.5 Å². The molecule has 19 heavy (non-hydrogen) atoms. The van der Waals surface area contributed by atoms with E-state index < -0.39 is 0 Å². The molecule has 1 aromatic heterocycles. The lowest BCUT2D eigenvalue weighted by molar-refractivity contribution is 0.561. The maximum atomic E-state index is 5.44. The molecular formula is C17H23NO. The second-order valence-electron chi connectivity index (χ2n) is 7.14. The predicted octanol–water partition coefficient (Wildman–Crippen LogP) is 4.94. The van der Waals surface area contributed by atoms with Crippen LogP contribution >= 0.6 is 0 Å². The quantitative estimate of drug-likeness (QED) is 0.723. The fourth-order valence-corrected chi connectivity index (χ4v) is 1.98. The van der Waals surface area contributed by atoms with Crippen LogP contribution < -0.4 is 0 Å². The highest BCUT2D eigenvalue weighted by Gasteiger charge is 2.21. The lowest BCUT2D eigenvalue weighted by Gasteiger charge is -2.25. The fourth-order valence-electron chi connectivity index (χ4n) is 1.98. The molecule has 0 aliphatic carbocycles. The SMILES string of the molecule is CC(C)(C)c1cc(-c2ncco2)cc(C(C)(C)C)c1. The van der Waals surface area contributed by atoms with Gasteiger partial charge in [-0.3, -0.25) is 0 Å². The number of rotatable bonds is 1. The summed E-state index contributed by atoms with van der Waals surface area (Å²) in [4.78, 5) is 4.27. The Hall–Kier alpha value is -1.57. The van der Waals surface area contributed by atoms with Gasteiger partial charge in [0, 0.05) is 5.56 Å². The molecule has 2 nitrogen and oxygen atoms in total. The zero-order chi connectivity index (χ0) is 14.3. The minimum Gasteiger partial charge on any atom is -0.445 e. The summed E-state index contributed by atoms with van der Waals surface area (Å²) in [5, 5.41) is 0. The zero-order valence-electron chi connectivity index (χ0n) is 12.7. The summed E-state index contributed by atoms with van der Waals surface area (Å²) in [6.07, 6.45) is 3.31. The fraction of sp³-hybridized carbons (Fsp3) is 0.471. The van der Waals surface area contributed by atoms with Crippen molar-refractivity contribution in [2.24, 2.45) is 0 Å². The Morgan fingerprint density at radius 2 is 1.37 bits per heavy atom. The Morgan fingerprint density at radius 3 is 1.74 bits per heavy atom. The van der Waals surface area contributed by atoms with Crippen LogP contribution in [0.5, 0.6) is 0 Å². The van der Waals surface area contributed by atoms with Gasteiger partial charge in [0.05, 0.1) is 6.20 Å². The molecule has 0 bridgehead atoms. The van der Waals surface area contributed by atoms with Crippen LogP contribution in [0.25, 0.3) is 11.5 Å². The summed E-state index contributed by atoms with van der Waals surface area (Å²) in [6, 6.07) is 6.66. The Labute approximate surface area is 115 Å². The first-order valence-electron chi connectivity index (χ1n) is 6.74. The van der Waals surface area contributed by atoms with Gasteiger partial charge >= 0.3 is 0 Å². The second kappa shape index (κ2) is 4.52. The van der Waals surface area contributed by atoms with Crippen LogP contribution in [0, 0.1) is 0 Å². The van der Waals surface area contributed by atoms with Gasteiger partial charge in [0.25, 0.3) is 0 Å². The minimum atomic E-state index is 0.114. The second-order valence-corrected chi connectivity index (χ2v) is 7.14. The van der Waals surface area contributed by atoms with Crippen molar-refractivity contribution in [3.8, 4) is 11.5 Å². The van der Waals surface area contributed by atoms with Gasteiger partial charge in [-0.05, 0) is 34.1 Å². The van der Waals surface area contributed by atoms with Crippen LogP contribution in [0.15, 0.2) is 35.1 Å². The first-order valence-corrected chi connectivity index (χ1v) is 6.74. The van der Waals surface area contributed by atoms with E-state index in [9.17, 15) is 0 Å². The van der Waals surface area contributed by atoms with Crippen molar-refractivity contribution in [1.29, 1.82) is 0 Å². The van der Waals surface area contributed by atoms with Crippen molar-refractivity contribution in [3.05, 3.63) is 41.8 Å². The van der Waals surface area contributed by atoms with Gasteiger partial charge in [-0.1, -0.05) is 47.6 Å². The third-order valence-electron chi connectivity index (χ3n) is 3.34. The molecule has 0 spiro atoms. The third kappa shape index (κ3) is 3.06. The number of benzene rings is 1. The Morgan fingerprint density at radius 1 is 0.842 bits per heavy atom. The Balaban J connectivity index is 2.62. The molecule has 0 aliphatic heterocycles. The number of nitrogens with zero attached hydrogens (tertiary/aromatic N) is 1. The van der Waals surface area contributed by atoms with E-state index in [1.807, 2.05) is 0 Å². The molecule has 0 atom stereocenters. The normalized spacial score (nSPS) is 12.7.